The molecular formula is C12H25N3S. The van der Waals surface area contributed by atoms with Crippen LogP contribution in [-0.4, -0.2) is 73.2 Å². The summed E-state index contributed by atoms with van der Waals surface area (Å²) in [6.07, 6.45) is 1.31. The highest BCUT2D eigenvalue weighted by Gasteiger charge is 2.19. The predicted molar refractivity (Wildman–Crippen MR) is 72.3 cm³/mol. The largest absolute Gasteiger partial charge is 0.315 e. The van der Waals surface area contributed by atoms with E-state index in [1.54, 1.807) is 0 Å². The highest BCUT2D eigenvalue weighted by atomic mass is 32.2. The minimum Gasteiger partial charge on any atom is -0.315 e. The fraction of sp³-hybridized carbons (Fsp3) is 1.00. The zero-order valence-electron chi connectivity index (χ0n) is 10.5. The highest BCUT2D eigenvalue weighted by molar-refractivity contribution is 7.99. The molecule has 0 aromatic carbocycles. The van der Waals surface area contributed by atoms with Crippen LogP contribution in [0.3, 0.4) is 0 Å². The van der Waals surface area contributed by atoms with Crippen LogP contribution in [0.25, 0.3) is 0 Å². The fourth-order valence-electron chi connectivity index (χ4n) is 2.49. The molecule has 2 heterocycles. The van der Waals surface area contributed by atoms with Crippen molar-refractivity contribution in [2.75, 3.05) is 57.3 Å². The summed E-state index contributed by atoms with van der Waals surface area (Å²) in [6, 6.07) is 0.781. The van der Waals surface area contributed by atoms with Crippen LogP contribution in [0.15, 0.2) is 0 Å². The van der Waals surface area contributed by atoms with Gasteiger partial charge in [0.05, 0.1) is 0 Å². The molecule has 1 N–H and O–H groups in total. The maximum atomic E-state index is 3.47. The van der Waals surface area contributed by atoms with Gasteiger partial charge in [-0.05, 0) is 26.4 Å². The minimum atomic E-state index is 0.781. The van der Waals surface area contributed by atoms with Crippen molar-refractivity contribution in [2.45, 2.75) is 19.4 Å². The van der Waals surface area contributed by atoms with Crippen molar-refractivity contribution in [1.29, 1.82) is 0 Å². The molecule has 0 aromatic rings. The summed E-state index contributed by atoms with van der Waals surface area (Å²) >= 11 is 2.11. The van der Waals surface area contributed by atoms with Gasteiger partial charge in [0, 0.05) is 50.3 Å². The Labute approximate surface area is 104 Å². The fourth-order valence-corrected chi connectivity index (χ4v) is 3.57. The summed E-state index contributed by atoms with van der Waals surface area (Å²) in [5.41, 5.74) is 0. The Morgan fingerprint density at radius 1 is 1.19 bits per heavy atom. The van der Waals surface area contributed by atoms with Gasteiger partial charge in [-0.2, -0.15) is 11.8 Å². The van der Waals surface area contributed by atoms with Crippen molar-refractivity contribution < 1.29 is 0 Å². The van der Waals surface area contributed by atoms with Crippen LogP contribution in [0.1, 0.15) is 13.3 Å². The lowest BCUT2D eigenvalue weighted by molar-refractivity contribution is 0.186. The quantitative estimate of drug-likeness (QED) is 0.787. The Morgan fingerprint density at radius 2 is 2.12 bits per heavy atom. The maximum absolute atomic E-state index is 3.47. The number of nitrogens with one attached hydrogen (secondary N) is 1. The van der Waals surface area contributed by atoms with Gasteiger partial charge in [0.25, 0.3) is 0 Å². The molecule has 0 spiro atoms. The molecule has 1 unspecified atom stereocenters. The summed E-state index contributed by atoms with van der Waals surface area (Å²) in [7, 11) is 0. The van der Waals surface area contributed by atoms with Gasteiger partial charge in [0.15, 0.2) is 0 Å². The molecule has 2 aliphatic heterocycles. The molecular weight excluding hydrogens is 218 g/mol. The van der Waals surface area contributed by atoms with Crippen LogP contribution in [-0.2, 0) is 0 Å². The smallest absolute Gasteiger partial charge is 0.0158 e. The second-order valence-corrected chi connectivity index (χ2v) is 6.05. The zero-order valence-corrected chi connectivity index (χ0v) is 11.3. The molecule has 4 heteroatoms. The number of hydrogen-bond donors (Lipinski definition) is 1. The second kappa shape index (κ2) is 6.84. The van der Waals surface area contributed by atoms with Gasteiger partial charge in [-0.25, -0.2) is 0 Å². The molecule has 0 amide bonds. The Kier molecular flexibility index (Phi) is 5.42. The molecule has 3 nitrogen and oxygen atoms in total. The summed E-state index contributed by atoms with van der Waals surface area (Å²) in [5, 5.41) is 3.47. The number of thioether (sulfide) groups is 1. The number of rotatable bonds is 3. The summed E-state index contributed by atoms with van der Waals surface area (Å²) in [4.78, 5) is 5.28. The van der Waals surface area contributed by atoms with Crippen LogP contribution in [0.2, 0.25) is 0 Å². The lowest BCUT2D eigenvalue weighted by Crippen LogP contribution is -2.45. The molecule has 0 aromatic heterocycles. The molecule has 0 aliphatic carbocycles. The number of hydrogen-bond acceptors (Lipinski definition) is 4. The standard InChI is InChI=1S/C12H25N3S/c1-12-11-16-10-9-15(12)8-7-14-5-2-3-13-4-6-14/h12-13H,2-11H2,1H3. The van der Waals surface area contributed by atoms with Crippen LogP contribution in [0.5, 0.6) is 0 Å². The van der Waals surface area contributed by atoms with Crippen molar-refractivity contribution in [3.8, 4) is 0 Å². The van der Waals surface area contributed by atoms with Gasteiger partial charge in [-0.3, -0.25) is 4.90 Å². The topological polar surface area (TPSA) is 18.5 Å². The molecule has 0 saturated carbocycles. The van der Waals surface area contributed by atoms with Gasteiger partial charge in [0.2, 0.25) is 0 Å². The first kappa shape index (κ1) is 12.7. The molecule has 2 fully saturated rings. The van der Waals surface area contributed by atoms with E-state index in [2.05, 4.69) is 33.8 Å². The molecule has 2 aliphatic rings. The van der Waals surface area contributed by atoms with Crippen LogP contribution in [0.4, 0.5) is 0 Å². The third kappa shape index (κ3) is 3.91. The molecule has 0 bridgehead atoms. The van der Waals surface area contributed by atoms with Gasteiger partial charge >= 0.3 is 0 Å². The third-order valence-electron chi connectivity index (χ3n) is 3.64. The summed E-state index contributed by atoms with van der Waals surface area (Å²) < 4.78 is 0. The Balaban J connectivity index is 1.68. The maximum Gasteiger partial charge on any atom is 0.0158 e. The highest BCUT2D eigenvalue weighted by Crippen LogP contribution is 2.15. The Bertz CT molecular complexity index is 193. The molecule has 0 radical (unpaired) electrons. The Hall–Kier alpha value is 0.230. The average molecular weight is 243 g/mol. The van der Waals surface area contributed by atoms with Gasteiger partial charge in [-0.1, -0.05) is 0 Å². The van der Waals surface area contributed by atoms with Crippen molar-refractivity contribution in [1.82, 2.24) is 15.1 Å². The molecule has 16 heavy (non-hydrogen) atoms. The monoisotopic (exact) mass is 243 g/mol. The normalized spacial score (nSPS) is 30.2. The molecule has 2 saturated heterocycles. The van der Waals surface area contributed by atoms with E-state index in [0.29, 0.717) is 0 Å². The summed E-state index contributed by atoms with van der Waals surface area (Å²) in [6.45, 7) is 11.1. The van der Waals surface area contributed by atoms with Crippen LogP contribution >= 0.6 is 11.8 Å². The average Bonchev–Trinajstić information content (AvgIpc) is 2.56. The lowest BCUT2D eigenvalue weighted by atomic mass is 10.3. The van der Waals surface area contributed by atoms with E-state index in [1.807, 2.05) is 0 Å². The van der Waals surface area contributed by atoms with E-state index in [-0.39, 0.29) is 0 Å². The van der Waals surface area contributed by atoms with E-state index in [9.17, 15) is 0 Å². The van der Waals surface area contributed by atoms with Crippen LogP contribution < -0.4 is 5.32 Å². The van der Waals surface area contributed by atoms with E-state index in [0.717, 1.165) is 6.04 Å². The van der Waals surface area contributed by atoms with E-state index >= 15 is 0 Å². The molecule has 1 atom stereocenters. The predicted octanol–water partition coefficient (Wildman–Crippen LogP) is 0.719. The lowest BCUT2D eigenvalue weighted by Gasteiger charge is -2.34. The van der Waals surface area contributed by atoms with Crippen molar-refractivity contribution >= 4 is 11.8 Å². The van der Waals surface area contributed by atoms with Crippen molar-refractivity contribution in [3.63, 3.8) is 0 Å². The first-order chi connectivity index (χ1) is 7.86. The van der Waals surface area contributed by atoms with Gasteiger partial charge < -0.3 is 10.2 Å². The van der Waals surface area contributed by atoms with E-state index in [4.69, 9.17) is 0 Å². The first-order valence-electron chi connectivity index (χ1n) is 6.61. The Morgan fingerprint density at radius 3 is 3.00 bits per heavy atom. The zero-order chi connectivity index (χ0) is 11.2. The van der Waals surface area contributed by atoms with Crippen molar-refractivity contribution in [2.24, 2.45) is 0 Å². The van der Waals surface area contributed by atoms with Gasteiger partial charge in [-0.15, -0.1) is 0 Å². The van der Waals surface area contributed by atoms with Gasteiger partial charge in [0.1, 0.15) is 0 Å². The number of nitrogens with zero attached hydrogens (tertiary/aromatic N) is 2. The summed E-state index contributed by atoms with van der Waals surface area (Å²) in [5.74, 6) is 2.65. The third-order valence-corrected chi connectivity index (χ3v) is 4.83. The van der Waals surface area contributed by atoms with E-state index in [1.165, 1.54) is 63.7 Å². The van der Waals surface area contributed by atoms with Crippen LogP contribution in [0, 0.1) is 0 Å². The second-order valence-electron chi connectivity index (χ2n) is 4.91. The SMILES string of the molecule is CC1CSCCN1CCN1CCCNCC1. The molecule has 2 rings (SSSR count). The van der Waals surface area contributed by atoms with Crippen molar-refractivity contribution in [3.05, 3.63) is 0 Å². The minimum absolute atomic E-state index is 0.781. The molecule has 94 valence electrons. The van der Waals surface area contributed by atoms with E-state index < -0.39 is 0 Å². The first-order valence-corrected chi connectivity index (χ1v) is 7.76.